The predicted molar refractivity (Wildman–Crippen MR) is 56.0 cm³/mol. The van der Waals surface area contributed by atoms with E-state index in [0.717, 1.165) is 12.0 Å². The van der Waals surface area contributed by atoms with Crippen LogP contribution in [0.3, 0.4) is 0 Å². The maximum Gasteiger partial charge on any atom is 0.144 e. The van der Waals surface area contributed by atoms with Gasteiger partial charge in [0.05, 0.1) is 5.75 Å². The molecule has 4 heteroatoms. The zero-order chi connectivity index (χ0) is 10.4. The highest BCUT2D eigenvalue weighted by atomic mass is 32.2. The molecule has 1 heterocycles. The minimum Gasteiger partial charge on any atom is -0.259 e. The summed E-state index contributed by atoms with van der Waals surface area (Å²) < 4.78 is 11.5. The minimum atomic E-state index is -0.874. The zero-order valence-corrected chi connectivity index (χ0v) is 8.88. The highest BCUT2D eigenvalue weighted by Crippen LogP contribution is 2.07. The van der Waals surface area contributed by atoms with Crippen molar-refractivity contribution in [3.8, 4) is 6.07 Å². The number of pyridine rings is 1. The third kappa shape index (κ3) is 2.93. The van der Waals surface area contributed by atoms with E-state index in [1.165, 1.54) is 0 Å². The van der Waals surface area contributed by atoms with Crippen LogP contribution in [0.15, 0.2) is 18.3 Å². The first-order valence-electron chi connectivity index (χ1n) is 4.47. The lowest BCUT2D eigenvalue weighted by Gasteiger charge is -2.01. The Labute approximate surface area is 86.2 Å². The molecule has 14 heavy (non-hydrogen) atoms. The smallest absolute Gasteiger partial charge is 0.144 e. The van der Waals surface area contributed by atoms with E-state index in [1.807, 2.05) is 13.0 Å². The molecule has 3 nitrogen and oxygen atoms in total. The first-order valence-corrected chi connectivity index (χ1v) is 5.95. The van der Waals surface area contributed by atoms with Gasteiger partial charge < -0.3 is 0 Å². The van der Waals surface area contributed by atoms with E-state index in [4.69, 9.17) is 5.26 Å². The van der Waals surface area contributed by atoms with E-state index >= 15 is 0 Å². The van der Waals surface area contributed by atoms with Crippen LogP contribution in [0.1, 0.15) is 24.6 Å². The van der Waals surface area contributed by atoms with E-state index in [9.17, 15) is 4.21 Å². The molecule has 0 saturated heterocycles. The summed E-state index contributed by atoms with van der Waals surface area (Å²) in [6.45, 7) is 1.99. The maximum atomic E-state index is 11.5. The largest absolute Gasteiger partial charge is 0.259 e. The van der Waals surface area contributed by atoms with E-state index < -0.39 is 10.8 Å². The molecule has 0 fully saturated rings. The van der Waals surface area contributed by atoms with Gasteiger partial charge in [0, 0.05) is 28.3 Å². The van der Waals surface area contributed by atoms with Crippen LogP contribution in [-0.4, -0.2) is 14.9 Å². The van der Waals surface area contributed by atoms with Gasteiger partial charge in [-0.3, -0.25) is 4.21 Å². The van der Waals surface area contributed by atoms with Gasteiger partial charge in [0.1, 0.15) is 11.8 Å². The topological polar surface area (TPSA) is 53.8 Å². The van der Waals surface area contributed by atoms with Crippen molar-refractivity contribution in [1.82, 2.24) is 4.98 Å². The van der Waals surface area contributed by atoms with Crippen LogP contribution in [0.5, 0.6) is 0 Å². The van der Waals surface area contributed by atoms with Crippen LogP contribution in [0.25, 0.3) is 0 Å². The normalized spacial score (nSPS) is 12.0. The second kappa shape index (κ2) is 5.51. The molecule has 1 atom stereocenters. The highest BCUT2D eigenvalue weighted by Gasteiger charge is 2.05. The van der Waals surface area contributed by atoms with Crippen molar-refractivity contribution in [2.24, 2.45) is 0 Å². The van der Waals surface area contributed by atoms with Crippen molar-refractivity contribution in [1.29, 1.82) is 5.26 Å². The summed E-state index contributed by atoms with van der Waals surface area (Å²) in [5, 5.41) is 8.75. The van der Waals surface area contributed by atoms with E-state index in [0.29, 0.717) is 17.2 Å². The van der Waals surface area contributed by atoms with Gasteiger partial charge in [0.15, 0.2) is 0 Å². The Morgan fingerprint density at radius 3 is 3.07 bits per heavy atom. The molecule has 0 aromatic carbocycles. The first-order chi connectivity index (χ1) is 6.77. The zero-order valence-electron chi connectivity index (χ0n) is 8.06. The molecule has 0 spiro atoms. The van der Waals surface area contributed by atoms with Crippen molar-refractivity contribution in [3.05, 3.63) is 29.6 Å². The quantitative estimate of drug-likeness (QED) is 0.755. The monoisotopic (exact) mass is 208 g/mol. The van der Waals surface area contributed by atoms with E-state index in [-0.39, 0.29) is 0 Å². The highest BCUT2D eigenvalue weighted by molar-refractivity contribution is 7.84. The van der Waals surface area contributed by atoms with Crippen molar-refractivity contribution >= 4 is 10.8 Å². The molecule has 0 aliphatic carbocycles. The van der Waals surface area contributed by atoms with Crippen molar-refractivity contribution < 1.29 is 4.21 Å². The molecule has 0 aliphatic heterocycles. The molecule has 0 amide bonds. The molecule has 0 radical (unpaired) electrons. The molecule has 74 valence electrons. The summed E-state index contributed by atoms with van der Waals surface area (Å²) in [6, 6.07) is 5.57. The number of hydrogen-bond donors (Lipinski definition) is 0. The standard InChI is InChI=1S/C10H12N2OS/c1-2-6-14(13)8-9-4-3-5-12-10(9)7-11/h3-5H,2,6,8H2,1H3. The Kier molecular flexibility index (Phi) is 4.27. The van der Waals surface area contributed by atoms with E-state index in [1.54, 1.807) is 18.3 Å². The van der Waals surface area contributed by atoms with Gasteiger partial charge in [-0.25, -0.2) is 4.98 Å². The van der Waals surface area contributed by atoms with Gasteiger partial charge in [-0.05, 0) is 12.5 Å². The molecule has 0 bridgehead atoms. The average molecular weight is 208 g/mol. The Morgan fingerprint density at radius 2 is 2.43 bits per heavy atom. The molecule has 1 rings (SSSR count). The fourth-order valence-corrected chi connectivity index (χ4v) is 2.31. The van der Waals surface area contributed by atoms with Crippen LogP contribution in [0.4, 0.5) is 0 Å². The third-order valence-corrected chi connectivity index (χ3v) is 3.24. The van der Waals surface area contributed by atoms with Crippen LogP contribution < -0.4 is 0 Å². The molecule has 0 aliphatic rings. The Hall–Kier alpha value is -1.21. The number of rotatable bonds is 4. The molecular weight excluding hydrogens is 196 g/mol. The Bertz CT molecular complexity index is 371. The van der Waals surface area contributed by atoms with Gasteiger partial charge >= 0.3 is 0 Å². The fourth-order valence-electron chi connectivity index (χ4n) is 1.13. The maximum absolute atomic E-state index is 11.5. The van der Waals surface area contributed by atoms with Crippen LogP contribution in [0, 0.1) is 11.3 Å². The lowest BCUT2D eigenvalue weighted by Crippen LogP contribution is -2.02. The SMILES string of the molecule is CCCS(=O)Cc1cccnc1C#N. The molecule has 1 aromatic heterocycles. The lowest BCUT2D eigenvalue weighted by atomic mass is 10.2. The van der Waals surface area contributed by atoms with Gasteiger partial charge in [0.25, 0.3) is 0 Å². The second-order valence-electron chi connectivity index (χ2n) is 2.91. The molecule has 0 saturated carbocycles. The Morgan fingerprint density at radius 1 is 1.64 bits per heavy atom. The summed E-state index contributed by atoms with van der Waals surface area (Å²) >= 11 is 0. The number of nitrogens with zero attached hydrogens (tertiary/aromatic N) is 2. The average Bonchev–Trinajstić information content (AvgIpc) is 2.19. The van der Waals surface area contributed by atoms with Crippen LogP contribution in [0.2, 0.25) is 0 Å². The number of nitriles is 1. The lowest BCUT2D eigenvalue weighted by molar-refractivity contribution is 0.681. The van der Waals surface area contributed by atoms with Crippen LogP contribution in [-0.2, 0) is 16.6 Å². The second-order valence-corrected chi connectivity index (χ2v) is 4.49. The summed E-state index contributed by atoms with van der Waals surface area (Å²) in [7, 11) is -0.874. The third-order valence-electron chi connectivity index (χ3n) is 1.75. The molecule has 1 aromatic rings. The molecule has 0 N–H and O–H groups in total. The summed E-state index contributed by atoms with van der Waals surface area (Å²) in [5.41, 5.74) is 1.17. The number of aromatic nitrogens is 1. The van der Waals surface area contributed by atoms with Crippen molar-refractivity contribution in [2.45, 2.75) is 19.1 Å². The van der Waals surface area contributed by atoms with Gasteiger partial charge in [-0.15, -0.1) is 0 Å². The van der Waals surface area contributed by atoms with Gasteiger partial charge in [0.2, 0.25) is 0 Å². The van der Waals surface area contributed by atoms with Crippen molar-refractivity contribution in [2.75, 3.05) is 5.75 Å². The van der Waals surface area contributed by atoms with Crippen molar-refractivity contribution in [3.63, 3.8) is 0 Å². The summed E-state index contributed by atoms with van der Waals surface area (Å²) in [6.07, 6.45) is 2.47. The first kappa shape index (κ1) is 10.9. The molecule has 1 unspecified atom stereocenters. The predicted octanol–water partition coefficient (Wildman–Crippen LogP) is 1.61. The van der Waals surface area contributed by atoms with Crippen LogP contribution >= 0.6 is 0 Å². The summed E-state index contributed by atoms with van der Waals surface area (Å²) in [4.78, 5) is 3.91. The molecular formula is C10H12N2OS. The summed E-state index contributed by atoms with van der Waals surface area (Å²) in [5.74, 6) is 1.12. The minimum absolute atomic E-state index is 0.386. The number of hydrogen-bond acceptors (Lipinski definition) is 3. The van der Waals surface area contributed by atoms with Gasteiger partial charge in [-0.2, -0.15) is 5.26 Å². The Balaban J connectivity index is 2.77. The van der Waals surface area contributed by atoms with Gasteiger partial charge in [-0.1, -0.05) is 13.0 Å². The fraction of sp³-hybridized carbons (Fsp3) is 0.400. The van der Waals surface area contributed by atoms with E-state index in [2.05, 4.69) is 4.98 Å².